The zero-order chi connectivity index (χ0) is 19.4. The number of anilines is 1. The van der Waals surface area contributed by atoms with E-state index in [9.17, 15) is 9.59 Å². The first-order chi connectivity index (χ1) is 12.9. The van der Waals surface area contributed by atoms with Gasteiger partial charge in [-0.2, -0.15) is 0 Å². The molecule has 1 aromatic carbocycles. The minimum atomic E-state index is -0.968. The number of aromatic carboxylic acids is 1. The number of carboxylic acid groups (broad SMARTS) is 1. The fourth-order valence-electron chi connectivity index (χ4n) is 3.34. The molecule has 1 amide bonds. The molecule has 7 heteroatoms. The number of carbonyl (C=O) groups is 2. The van der Waals surface area contributed by atoms with E-state index < -0.39 is 5.97 Å². The Kier molecular flexibility index (Phi) is 5.69. The van der Waals surface area contributed by atoms with Gasteiger partial charge < -0.3 is 15.3 Å². The maximum Gasteiger partial charge on any atom is 0.335 e. The number of hydrogen-bond donors (Lipinski definition) is 2. The number of rotatable bonds is 5. The van der Waals surface area contributed by atoms with Crippen molar-refractivity contribution in [3.63, 3.8) is 0 Å². The normalized spacial score (nSPS) is 14.8. The zero-order valence-corrected chi connectivity index (χ0v) is 15.6. The zero-order valence-electron chi connectivity index (χ0n) is 15.6. The third kappa shape index (κ3) is 4.81. The van der Waals surface area contributed by atoms with Gasteiger partial charge in [-0.15, -0.1) is 0 Å². The van der Waals surface area contributed by atoms with Crippen LogP contribution in [0.2, 0.25) is 0 Å². The molecule has 0 radical (unpaired) electrons. The number of nitrogens with zero attached hydrogens (tertiary/aromatic N) is 3. The molecule has 1 fully saturated rings. The predicted octanol–water partition coefficient (Wildman–Crippen LogP) is 2.32. The Morgan fingerprint density at radius 2 is 1.81 bits per heavy atom. The van der Waals surface area contributed by atoms with Crippen LogP contribution >= 0.6 is 0 Å². The molecule has 27 heavy (non-hydrogen) atoms. The van der Waals surface area contributed by atoms with Crippen LogP contribution in [0.25, 0.3) is 0 Å². The highest BCUT2D eigenvalue weighted by Crippen LogP contribution is 2.21. The Labute approximate surface area is 158 Å². The van der Waals surface area contributed by atoms with E-state index in [1.807, 2.05) is 26.0 Å². The Morgan fingerprint density at radius 1 is 1.15 bits per heavy atom. The van der Waals surface area contributed by atoms with Crippen molar-refractivity contribution >= 4 is 17.8 Å². The first-order valence-electron chi connectivity index (χ1n) is 9.09. The number of aromatic nitrogens is 2. The Bertz CT molecular complexity index is 825. The van der Waals surface area contributed by atoms with Crippen molar-refractivity contribution in [3.05, 3.63) is 52.8 Å². The van der Waals surface area contributed by atoms with E-state index in [-0.39, 0.29) is 17.4 Å². The molecule has 1 aromatic heterocycles. The molecule has 0 aliphatic carbocycles. The topological polar surface area (TPSA) is 95.4 Å². The second-order valence-corrected chi connectivity index (χ2v) is 6.94. The molecule has 2 heterocycles. The van der Waals surface area contributed by atoms with Crippen molar-refractivity contribution in [2.75, 3.05) is 18.0 Å². The molecule has 0 saturated carbocycles. The van der Waals surface area contributed by atoms with Gasteiger partial charge in [0.1, 0.15) is 0 Å². The molecule has 1 saturated heterocycles. The van der Waals surface area contributed by atoms with E-state index >= 15 is 0 Å². The molecule has 3 rings (SSSR count). The van der Waals surface area contributed by atoms with Crippen LogP contribution in [0.5, 0.6) is 0 Å². The molecule has 0 atom stereocenters. The number of nitrogens with one attached hydrogen (secondary N) is 1. The van der Waals surface area contributed by atoms with Crippen molar-refractivity contribution in [1.29, 1.82) is 0 Å². The first kappa shape index (κ1) is 18.8. The summed E-state index contributed by atoms with van der Waals surface area (Å²) in [4.78, 5) is 34.6. The summed E-state index contributed by atoms with van der Waals surface area (Å²) in [6.07, 6.45) is 1.49. The average molecular weight is 368 g/mol. The van der Waals surface area contributed by atoms with Gasteiger partial charge in [0.15, 0.2) is 0 Å². The van der Waals surface area contributed by atoms with Crippen molar-refractivity contribution in [2.24, 2.45) is 5.92 Å². The summed E-state index contributed by atoms with van der Waals surface area (Å²) in [6, 6.07) is 8.57. The van der Waals surface area contributed by atoms with Crippen molar-refractivity contribution in [3.8, 4) is 0 Å². The lowest BCUT2D eigenvalue weighted by molar-refractivity contribution is -0.125. The molecular formula is C20H24N4O3. The Morgan fingerprint density at radius 3 is 2.44 bits per heavy atom. The highest BCUT2D eigenvalue weighted by molar-refractivity contribution is 5.87. The van der Waals surface area contributed by atoms with E-state index in [0.717, 1.165) is 48.8 Å². The number of piperidine rings is 1. The van der Waals surface area contributed by atoms with E-state index in [4.69, 9.17) is 5.11 Å². The standard InChI is InChI=1S/C20H24N4O3/c1-13-10-14(2)23-20(22-13)24-8-6-16(7-9-24)18(25)21-12-15-4-3-5-17(11-15)19(26)27/h3-5,10-11,16H,6-9,12H2,1-2H3,(H,21,25)(H,26,27). The smallest absolute Gasteiger partial charge is 0.335 e. The fourth-order valence-corrected chi connectivity index (χ4v) is 3.34. The van der Waals surface area contributed by atoms with E-state index in [2.05, 4.69) is 20.2 Å². The van der Waals surface area contributed by atoms with Gasteiger partial charge in [-0.25, -0.2) is 14.8 Å². The first-order valence-corrected chi connectivity index (χ1v) is 9.09. The summed E-state index contributed by atoms with van der Waals surface area (Å²) in [6.45, 7) is 5.74. The molecule has 0 bridgehead atoms. The van der Waals surface area contributed by atoms with E-state index in [1.165, 1.54) is 0 Å². The van der Waals surface area contributed by atoms with Crippen LogP contribution in [0.15, 0.2) is 30.3 Å². The predicted molar refractivity (Wildman–Crippen MR) is 102 cm³/mol. The lowest BCUT2D eigenvalue weighted by Gasteiger charge is -2.31. The quantitative estimate of drug-likeness (QED) is 0.841. The maximum absolute atomic E-state index is 12.5. The second-order valence-electron chi connectivity index (χ2n) is 6.94. The molecule has 142 valence electrons. The molecule has 7 nitrogen and oxygen atoms in total. The Hall–Kier alpha value is -2.96. The van der Waals surface area contributed by atoms with Crippen LogP contribution in [0.1, 0.15) is 40.2 Å². The molecule has 2 aromatic rings. The second kappa shape index (κ2) is 8.16. The van der Waals surface area contributed by atoms with Crippen LogP contribution in [-0.2, 0) is 11.3 Å². The van der Waals surface area contributed by atoms with Crippen LogP contribution in [0.4, 0.5) is 5.95 Å². The van der Waals surface area contributed by atoms with Gasteiger partial charge in [-0.05, 0) is 50.5 Å². The van der Waals surface area contributed by atoms with Crippen molar-refractivity contribution in [1.82, 2.24) is 15.3 Å². The maximum atomic E-state index is 12.5. The van der Waals surface area contributed by atoms with Crippen molar-refractivity contribution < 1.29 is 14.7 Å². The largest absolute Gasteiger partial charge is 0.478 e. The third-order valence-electron chi connectivity index (χ3n) is 4.76. The number of benzene rings is 1. The lowest BCUT2D eigenvalue weighted by atomic mass is 9.96. The van der Waals surface area contributed by atoms with E-state index in [1.54, 1.807) is 18.2 Å². The molecule has 0 unspecified atom stereocenters. The van der Waals surface area contributed by atoms with Crippen LogP contribution in [0, 0.1) is 19.8 Å². The van der Waals surface area contributed by atoms with Gasteiger partial charge >= 0.3 is 5.97 Å². The summed E-state index contributed by atoms with van der Waals surface area (Å²) in [5.74, 6) is -0.271. The van der Waals surface area contributed by atoms with Gasteiger partial charge in [-0.3, -0.25) is 4.79 Å². The molecule has 2 N–H and O–H groups in total. The number of amides is 1. The van der Waals surface area contributed by atoms with Gasteiger partial charge in [0, 0.05) is 36.9 Å². The average Bonchev–Trinajstić information content (AvgIpc) is 2.65. The summed E-state index contributed by atoms with van der Waals surface area (Å²) in [7, 11) is 0. The third-order valence-corrected chi connectivity index (χ3v) is 4.76. The van der Waals surface area contributed by atoms with Crippen LogP contribution < -0.4 is 10.2 Å². The molecule has 0 spiro atoms. The number of aryl methyl sites for hydroxylation is 2. The minimum absolute atomic E-state index is 0.0109. The lowest BCUT2D eigenvalue weighted by Crippen LogP contribution is -2.41. The number of hydrogen-bond acceptors (Lipinski definition) is 5. The number of carbonyl (C=O) groups excluding carboxylic acids is 1. The van der Waals surface area contributed by atoms with Crippen LogP contribution in [0.3, 0.4) is 0 Å². The van der Waals surface area contributed by atoms with Crippen LogP contribution in [-0.4, -0.2) is 40.0 Å². The van der Waals surface area contributed by atoms with Gasteiger partial charge in [0.2, 0.25) is 11.9 Å². The molecule has 1 aliphatic heterocycles. The monoisotopic (exact) mass is 368 g/mol. The van der Waals surface area contributed by atoms with Gasteiger partial charge in [-0.1, -0.05) is 12.1 Å². The van der Waals surface area contributed by atoms with E-state index in [0.29, 0.717) is 6.54 Å². The highest BCUT2D eigenvalue weighted by atomic mass is 16.4. The summed E-state index contributed by atoms with van der Waals surface area (Å²) >= 11 is 0. The van der Waals surface area contributed by atoms with Gasteiger partial charge in [0.25, 0.3) is 0 Å². The summed E-state index contributed by atoms with van der Waals surface area (Å²) < 4.78 is 0. The van der Waals surface area contributed by atoms with Crippen molar-refractivity contribution in [2.45, 2.75) is 33.2 Å². The molecule has 1 aliphatic rings. The highest BCUT2D eigenvalue weighted by Gasteiger charge is 2.26. The summed E-state index contributed by atoms with van der Waals surface area (Å²) in [5.41, 5.74) is 2.90. The summed E-state index contributed by atoms with van der Waals surface area (Å²) in [5, 5.41) is 12.0. The SMILES string of the molecule is Cc1cc(C)nc(N2CCC(C(=O)NCc3cccc(C(=O)O)c3)CC2)n1. The number of carboxylic acids is 1. The minimum Gasteiger partial charge on any atom is -0.478 e. The fraction of sp³-hybridized carbons (Fsp3) is 0.400. The Balaban J connectivity index is 1.52. The molecular weight excluding hydrogens is 344 g/mol. The van der Waals surface area contributed by atoms with Gasteiger partial charge in [0.05, 0.1) is 5.56 Å².